The number of nitrogens with zero attached hydrogens (tertiary/aromatic N) is 6. The van der Waals surface area contributed by atoms with Gasteiger partial charge in [-0.15, -0.1) is 10.2 Å². The Morgan fingerprint density at radius 1 is 0.952 bits per heavy atom. The highest BCUT2D eigenvalue weighted by Gasteiger charge is 2.30. The highest BCUT2D eigenvalue weighted by atomic mass is 32.2. The molecule has 0 radical (unpaired) electrons. The fraction of sp³-hybridized carbons (Fsp3) is 0.303. The van der Waals surface area contributed by atoms with Crippen LogP contribution in [0.3, 0.4) is 0 Å². The number of carbonyl (C=O) groups excluding carboxylic acids is 2. The first-order valence-corrected chi connectivity index (χ1v) is 15.4. The molecule has 0 spiro atoms. The van der Waals surface area contributed by atoms with Gasteiger partial charge in [-0.2, -0.15) is 0 Å². The smallest absolute Gasteiger partial charge is 0.254 e. The normalized spacial score (nSPS) is 15.4. The lowest BCUT2D eigenvalue weighted by Crippen LogP contribution is -2.55. The van der Waals surface area contributed by atoms with Crippen LogP contribution >= 0.6 is 11.8 Å². The third-order valence-corrected chi connectivity index (χ3v) is 8.74. The first-order valence-electron chi connectivity index (χ1n) is 14.4. The molecule has 42 heavy (non-hydrogen) atoms. The van der Waals surface area contributed by atoms with Gasteiger partial charge in [0.15, 0.2) is 5.65 Å². The van der Waals surface area contributed by atoms with Crippen molar-refractivity contribution in [3.8, 4) is 0 Å². The van der Waals surface area contributed by atoms with Crippen LogP contribution in [0.15, 0.2) is 84.0 Å². The zero-order valence-electron chi connectivity index (χ0n) is 23.9. The number of aryl methyl sites for hydroxylation is 1. The van der Waals surface area contributed by atoms with Crippen molar-refractivity contribution in [2.24, 2.45) is 0 Å². The van der Waals surface area contributed by atoms with Gasteiger partial charge in [0.1, 0.15) is 5.52 Å². The van der Waals surface area contributed by atoms with Gasteiger partial charge in [-0.1, -0.05) is 71.9 Å². The number of thioether (sulfide) groups is 1. The van der Waals surface area contributed by atoms with Gasteiger partial charge in [-0.05, 0) is 50.1 Å². The molecule has 3 aromatic carbocycles. The van der Waals surface area contributed by atoms with Crippen molar-refractivity contribution in [2.75, 3.05) is 25.4 Å². The Morgan fingerprint density at radius 3 is 2.48 bits per heavy atom. The maximum atomic E-state index is 13.0. The summed E-state index contributed by atoms with van der Waals surface area (Å²) < 4.78 is 2.21. The molecule has 9 heteroatoms. The number of hydrogen-bond donors (Lipinski definition) is 0. The molecule has 2 amide bonds. The maximum absolute atomic E-state index is 13.0. The molecule has 1 atom stereocenters. The second kappa shape index (κ2) is 12.3. The number of amides is 2. The summed E-state index contributed by atoms with van der Waals surface area (Å²) in [7, 11) is 0. The summed E-state index contributed by atoms with van der Waals surface area (Å²) in [5, 5.41) is 10.7. The van der Waals surface area contributed by atoms with Crippen LogP contribution in [0.4, 0.5) is 0 Å². The second-order valence-corrected chi connectivity index (χ2v) is 11.9. The number of fused-ring (bicyclic) bond motifs is 3. The van der Waals surface area contributed by atoms with Crippen LogP contribution in [-0.2, 0) is 11.3 Å². The summed E-state index contributed by atoms with van der Waals surface area (Å²) in [4.78, 5) is 34.6. The highest BCUT2D eigenvalue weighted by molar-refractivity contribution is 7.99. The van der Waals surface area contributed by atoms with E-state index in [4.69, 9.17) is 4.98 Å². The molecular formula is C33H34N6O2S. The van der Waals surface area contributed by atoms with Gasteiger partial charge in [0.2, 0.25) is 11.1 Å². The predicted octanol–water partition coefficient (Wildman–Crippen LogP) is 5.58. The van der Waals surface area contributed by atoms with Crippen molar-refractivity contribution in [1.82, 2.24) is 29.5 Å². The molecular weight excluding hydrogens is 544 g/mol. The molecule has 6 rings (SSSR count). The van der Waals surface area contributed by atoms with E-state index >= 15 is 0 Å². The second-order valence-electron chi connectivity index (χ2n) is 10.9. The van der Waals surface area contributed by atoms with Gasteiger partial charge >= 0.3 is 0 Å². The van der Waals surface area contributed by atoms with Gasteiger partial charge in [0.25, 0.3) is 5.91 Å². The molecule has 1 aliphatic rings. The van der Waals surface area contributed by atoms with E-state index in [0.717, 1.165) is 27.8 Å². The predicted molar refractivity (Wildman–Crippen MR) is 167 cm³/mol. The van der Waals surface area contributed by atoms with Crippen molar-refractivity contribution in [2.45, 2.75) is 44.4 Å². The van der Waals surface area contributed by atoms with E-state index in [0.29, 0.717) is 49.7 Å². The van der Waals surface area contributed by atoms with Gasteiger partial charge in [-0.3, -0.25) is 9.59 Å². The Bertz CT molecular complexity index is 1720. The number of piperazine rings is 1. The van der Waals surface area contributed by atoms with Gasteiger partial charge in [0, 0.05) is 55.3 Å². The third-order valence-electron chi connectivity index (χ3n) is 7.81. The highest BCUT2D eigenvalue weighted by Crippen LogP contribution is 2.29. The molecule has 0 saturated carbocycles. The lowest BCUT2D eigenvalue weighted by molar-refractivity contribution is -0.133. The van der Waals surface area contributed by atoms with E-state index in [2.05, 4.69) is 52.0 Å². The molecule has 1 aliphatic heterocycles. The molecule has 3 heterocycles. The van der Waals surface area contributed by atoms with Crippen LogP contribution < -0.4 is 0 Å². The van der Waals surface area contributed by atoms with Gasteiger partial charge in [-0.25, -0.2) is 4.98 Å². The van der Waals surface area contributed by atoms with E-state index in [1.54, 1.807) is 0 Å². The van der Waals surface area contributed by atoms with Gasteiger partial charge in [0.05, 0.1) is 5.52 Å². The summed E-state index contributed by atoms with van der Waals surface area (Å²) in [6, 6.07) is 26.1. The standard InChI is InChI=1S/C33H34N6O2S/c1-23-15-16-28-27(20-23)30-31(39(28)22-25-10-5-3-6-11-25)34-33(36-35-30)42-19-9-14-29(40)37-17-18-38(24(2)21-37)32(41)26-12-7-4-8-13-26/h3-8,10-13,15-16,20,24H,9,14,17-19,21-22H2,1-2H3. The average Bonchev–Trinajstić information content (AvgIpc) is 3.31. The van der Waals surface area contributed by atoms with Crippen molar-refractivity contribution in [1.29, 1.82) is 0 Å². The number of carbonyl (C=O) groups is 2. The van der Waals surface area contributed by atoms with Gasteiger partial charge < -0.3 is 14.4 Å². The van der Waals surface area contributed by atoms with E-state index in [1.165, 1.54) is 22.9 Å². The first kappa shape index (κ1) is 27.9. The zero-order valence-corrected chi connectivity index (χ0v) is 24.8. The molecule has 0 N–H and O–H groups in total. The fourth-order valence-corrected chi connectivity index (χ4v) is 6.34. The SMILES string of the molecule is Cc1ccc2c(c1)c1nnc(SCCCC(=O)N3CCN(C(=O)c4ccccc4)C(C)C3)nc1n2Cc1ccccc1. The lowest BCUT2D eigenvalue weighted by Gasteiger charge is -2.40. The van der Waals surface area contributed by atoms with Crippen molar-refractivity contribution in [3.63, 3.8) is 0 Å². The number of hydrogen-bond acceptors (Lipinski definition) is 6. The number of benzene rings is 3. The first-order chi connectivity index (χ1) is 20.5. The van der Waals surface area contributed by atoms with Crippen LogP contribution in [0.25, 0.3) is 22.1 Å². The van der Waals surface area contributed by atoms with E-state index < -0.39 is 0 Å². The van der Waals surface area contributed by atoms with Crippen LogP contribution in [-0.4, -0.2) is 72.8 Å². The molecule has 5 aromatic rings. The molecule has 1 fully saturated rings. The Balaban J connectivity index is 1.07. The number of aromatic nitrogens is 4. The summed E-state index contributed by atoms with van der Waals surface area (Å²) in [6.45, 7) is 6.45. The van der Waals surface area contributed by atoms with Crippen molar-refractivity contribution < 1.29 is 9.59 Å². The molecule has 1 saturated heterocycles. The Hall–Kier alpha value is -4.24. The molecule has 2 aromatic heterocycles. The Kier molecular flexibility index (Phi) is 8.19. The Labute approximate surface area is 249 Å². The van der Waals surface area contributed by atoms with E-state index in [-0.39, 0.29) is 17.9 Å². The molecule has 0 aliphatic carbocycles. The van der Waals surface area contributed by atoms with Crippen molar-refractivity contribution in [3.05, 3.63) is 95.6 Å². The number of rotatable bonds is 8. The summed E-state index contributed by atoms with van der Waals surface area (Å²) >= 11 is 1.53. The summed E-state index contributed by atoms with van der Waals surface area (Å²) in [5.41, 5.74) is 5.78. The minimum Gasteiger partial charge on any atom is -0.339 e. The van der Waals surface area contributed by atoms with Crippen LogP contribution in [0.2, 0.25) is 0 Å². The van der Waals surface area contributed by atoms with E-state index in [1.807, 2.05) is 65.3 Å². The van der Waals surface area contributed by atoms with E-state index in [9.17, 15) is 9.59 Å². The third kappa shape index (κ3) is 5.87. The monoisotopic (exact) mass is 578 g/mol. The van der Waals surface area contributed by atoms with Crippen LogP contribution in [0.5, 0.6) is 0 Å². The summed E-state index contributed by atoms with van der Waals surface area (Å²) in [5.74, 6) is 0.871. The molecule has 1 unspecified atom stereocenters. The van der Waals surface area contributed by atoms with Crippen LogP contribution in [0, 0.1) is 6.92 Å². The zero-order chi connectivity index (χ0) is 29.1. The molecule has 0 bridgehead atoms. The quantitative estimate of drug-likeness (QED) is 0.177. The molecule has 214 valence electrons. The van der Waals surface area contributed by atoms with Crippen LogP contribution in [0.1, 0.15) is 41.3 Å². The Morgan fingerprint density at radius 2 is 1.71 bits per heavy atom. The summed E-state index contributed by atoms with van der Waals surface area (Å²) in [6.07, 6.45) is 1.17. The average molecular weight is 579 g/mol. The molecule has 8 nitrogen and oxygen atoms in total. The minimum atomic E-state index is -0.0255. The minimum absolute atomic E-state index is 0.0233. The lowest BCUT2D eigenvalue weighted by atomic mass is 10.1. The maximum Gasteiger partial charge on any atom is 0.254 e. The van der Waals surface area contributed by atoms with Crippen molar-refractivity contribution >= 4 is 45.6 Å². The largest absolute Gasteiger partial charge is 0.339 e. The fourth-order valence-electron chi connectivity index (χ4n) is 5.62. The topological polar surface area (TPSA) is 84.2 Å².